The third-order valence-electron chi connectivity index (χ3n) is 5.56. The number of carbonyl (C=O) groups is 2. The number of furan rings is 1. The average molecular weight is 435 g/mol. The quantitative estimate of drug-likeness (QED) is 0.646. The smallest absolute Gasteiger partial charge is 0.286 e. The van der Waals surface area contributed by atoms with Crippen molar-refractivity contribution in [2.75, 3.05) is 14.2 Å². The molecule has 3 rings (SSSR count). The molecule has 7 nitrogen and oxygen atoms in total. The van der Waals surface area contributed by atoms with Crippen LogP contribution in [0, 0.1) is 0 Å². The third-order valence-corrected chi connectivity index (χ3v) is 5.85. The van der Waals surface area contributed by atoms with Gasteiger partial charge in [0, 0.05) is 25.1 Å². The van der Waals surface area contributed by atoms with E-state index in [1.165, 1.54) is 13.1 Å². The molecule has 2 amide bonds. The van der Waals surface area contributed by atoms with Crippen molar-refractivity contribution in [1.82, 2.24) is 10.6 Å². The van der Waals surface area contributed by atoms with Gasteiger partial charge in [-0.1, -0.05) is 24.6 Å². The zero-order valence-corrected chi connectivity index (χ0v) is 18.1. The van der Waals surface area contributed by atoms with Crippen LogP contribution < -0.4 is 15.4 Å². The van der Waals surface area contributed by atoms with Gasteiger partial charge in [-0.05, 0) is 43.4 Å². The number of nitrogens with one attached hydrogen (secondary N) is 2. The molecule has 0 bridgehead atoms. The molecule has 0 saturated heterocycles. The molecule has 0 aliphatic heterocycles. The Labute approximate surface area is 180 Å². The van der Waals surface area contributed by atoms with Crippen LogP contribution >= 0.6 is 11.6 Å². The van der Waals surface area contributed by atoms with Gasteiger partial charge in [0.05, 0.1) is 23.8 Å². The molecule has 1 saturated carbocycles. The molecule has 162 valence electrons. The molecular formula is C22H27ClN2O5. The molecule has 2 aromatic rings. The van der Waals surface area contributed by atoms with E-state index in [0.29, 0.717) is 47.8 Å². The first-order chi connectivity index (χ1) is 14.3. The SMILES string of the molecule is CNC(=O)c1cc(C(=O)N[C@H]2CC[C@H](O)CC2)c(C(C)c2ccc(OC)c(Cl)c2)o1. The van der Waals surface area contributed by atoms with E-state index in [9.17, 15) is 14.7 Å². The zero-order valence-electron chi connectivity index (χ0n) is 17.3. The van der Waals surface area contributed by atoms with Gasteiger partial charge >= 0.3 is 0 Å². The fraction of sp³-hybridized carbons (Fsp3) is 0.455. The van der Waals surface area contributed by atoms with Gasteiger partial charge in [0.2, 0.25) is 0 Å². The number of aliphatic hydroxyl groups is 1. The predicted molar refractivity (Wildman–Crippen MR) is 113 cm³/mol. The molecule has 1 unspecified atom stereocenters. The molecule has 1 heterocycles. The summed E-state index contributed by atoms with van der Waals surface area (Å²) in [7, 11) is 3.05. The zero-order chi connectivity index (χ0) is 21.8. The Bertz CT molecular complexity index is 918. The van der Waals surface area contributed by atoms with Crippen molar-refractivity contribution >= 4 is 23.4 Å². The minimum absolute atomic E-state index is 0.0159. The van der Waals surface area contributed by atoms with Crippen molar-refractivity contribution in [3.05, 3.63) is 51.9 Å². The maximum absolute atomic E-state index is 13.0. The van der Waals surface area contributed by atoms with Crippen LogP contribution in [0.5, 0.6) is 5.75 Å². The fourth-order valence-corrected chi connectivity index (χ4v) is 3.99. The summed E-state index contributed by atoms with van der Waals surface area (Å²) in [6.07, 6.45) is 2.45. The first-order valence-corrected chi connectivity index (χ1v) is 10.4. The summed E-state index contributed by atoms with van der Waals surface area (Å²) in [5.41, 5.74) is 1.15. The molecule has 1 aliphatic carbocycles. The van der Waals surface area contributed by atoms with Crippen LogP contribution in [0.25, 0.3) is 0 Å². The molecule has 30 heavy (non-hydrogen) atoms. The van der Waals surface area contributed by atoms with Crippen molar-refractivity contribution in [3.8, 4) is 5.75 Å². The number of benzene rings is 1. The largest absolute Gasteiger partial charge is 0.495 e. The van der Waals surface area contributed by atoms with Crippen LogP contribution in [0.3, 0.4) is 0 Å². The van der Waals surface area contributed by atoms with E-state index in [0.717, 1.165) is 5.56 Å². The first-order valence-electron chi connectivity index (χ1n) is 10.0. The Morgan fingerprint density at radius 1 is 1.20 bits per heavy atom. The summed E-state index contributed by atoms with van der Waals surface area (Å²) in [6, 6.07) is 6.82. The van der Waals surface area contributed by atoms with E-state index in [2.05, 4.69) is 10.6 Å². The summed E-state index contributed by atoms with van der Waals surface area (Å²) < 4.78 is 11.0. The molecule has 3 N–H and O–H groups in total. The van der Waals surface area contributed by atoms with Crippen molar-refractivity contribution < 1.29 is 23.8 Å². The van der Waals surface area contributed by atoms with Gasteiger partial charge in [0.15, 0.2) is 5.76 Å². The molecule has 1 fully saturated rings. The van der Waals surface area contributed by atoms with Gasteiger partial charge in [-0.2, -0.15) is 0 Å². The summed E-state index contributed by atoms with van der Waals surface area (Å²) in [4.78, 5) is 25.2. The number of hydrogen-bond donors (Lipinski definition) is 3. The van der Waals surface area contributed by atoms with E-state index < -0.39 is 5.91 Å². The lowest BCUT2D eigenvalue weighted by atomic mass is 9.92. The Morgan fingerprint density at radius 3 is 2.50 bits per heavy atom. The third kappa shape index (κ3) is 4.79. The monoisotopic (exact) mass is 434 g/mol. The second-order valence-electron chi connectivity index (χ2n) is 7.56. The average Bonchev–Trinajstić information content (AvgIpc) is 3.20. The minimum Gasteiger partial charge on any atom is -0.495 e. The van der Waals surface area contributed by atoms with Crippen molar-refractivity contribution in [2.24, 2.45) is 0 Å². The second kappa shape index (κ2) is 9.53. The number of carbonyl (C=O) groups excluding carboxylic acids is 2. The van der Waals surface area contributed by atoms with Crippen molar-refractivity contribution in [1.29, 1.82) is 0 Å². The van der Waals surface area contributed by atoms with Crippen LogP contribution in [0.15, 0.2) is 28.7 Å². The molecule has 1 aromatic heterocycles. The molecule has 1 atom stereocenters. The van der Waals surface area contributed by atoms with Gasteiger partial charge in [-0.3, -0.25) is 9.59 Å². The van der Waals surface area contributed by atoms with Crippen LogP contribution in [0.1, 0.15) is 70.8 Å². The maximum Gasteiger partial charge on any atom is 0.286 e. The summed E-state index contributed by atoms with van der Waals surface area (Å²) >= 11 is 6.26. The Kier molecular flexibility index (Phi) is 7.05. The Balaban J connectivity index is 1.90. The lowest BCUT2D eigenvalue weighted by molar-refractivity contribution is 0.0864. The summed E-state index contributed by atoms with van der Waals surface area (Å²) in [5, 5.41) is 15.7. The molecular weight excluding hydrogens is 408 g/mol. The molecule has 0 radical (unpaired) electrons. The standard InChI is InChI=1S/C22H27ClN2O5/c1-12(13-4-9-18(29-3)17(23)10-13)20-16(11-19(30-20)22(28)24-2)21(27)25-14-5-7-15(26)8-6-14/h4,9-12,14-15,26H,5-8H2,1-3H3,(H,24,28)(H,25,27)/t12?,14-,15-. The van der Waals surface area contributed by atoms with Crippen molar-refractivity contribution in [3.63, 3.8) is 0 Å². The van der Waals surface area contributed by atoms with Crippen LogP contribution in [0.2, 0.25) is 5.02 Å². The Hall–Kier alpha value is -2.51. The maximum atomic E-state index is 13.0. The first kappa shape index (κ1) is 22.2. The van der Waals surface area contributed by atoms with Gasteiger partial charge in [-0.25, -0.2) is 0 Å². The van der Waals surface area contributed by atoms with E-state index in [4.69, 9.17) is 20.8 Å². The van der Waals surface area contributed by atoms with Gasteiger partial charge in [0.25, 0.3) is 11.8 Å². The number of rotatable bonds is 6. The Morgan fingerprint density at radius 2 is 1.90 bits per heavy atom. The number of halogens is 1. The van der Waals surface area contributed by atoms with Crippen LogP contribution in [-0.2, 0) is 0 Å². The lowest BCUT2D eigenvalue weighted by Gasteiger charge is -2.26. The van der Waals surface area contributed by atoms with Crippen LogP contribution in [-0.4, -0.2) is 43.2 Å². The second-order valence-corrected chi connectivity index (χ2v) is 7.97. The van der Waals surface area contributed by atoms with E-state index in [-0.39, 0.29) is 29.7 Å². The number of methoxy groups -OCH3 is 1. The van der Waals surface area contributed by atoms with Gasteiger partial charge in [0.1, 0.15) is 11.5 Å². The van der Waals surface area contributed by atoms with E-state index >= 15 is 0 Å². The van der Waals surface area contributed by atoms with Gasteiger partial charge in [-0.15, -0.1) is 0 Å². The highest BCUT2D eigenvalue weighted by Gasteiger charge is 2.28. The highest BCUT2D eigenvalue weighted by molar-refractivity contribution is 6.32. The van der Waals surface area contributed by atoms with Crippen LogP contribution in [0.4, 0.5) is 0 Å². The molecule has 0 spiro atoms. The number of amides is 2. The summed E-state index contributed by atoms with van der Waals surface area (Å²) in [5.74, 6) is -0.00420. The highest BCUT2D eigenvalue weighted by Crippen LogP contribution is 2.34. The van der Waals surface area contributed by atoms with Crippen molar-refractivity contribution in [2.45, 2.75) is 50.7 Å². The number of aliphatic hydroxyl groups excluding tert-OH is 1. The highest BCUT2D eigenvalue weighted by atomic mass is 35.5. The normalized spacial score (nSPS) is 19.8. The number of hydrogen-bond acceptors (Lipinski definition) is 5. The molecule has 1 aliphatic rings. The van der Waals surface area contributed by atoms with E-state index in [1.54, 1.807) is 19.2 Å². The van der Waals surface area contributed by atoms with Gasteiger partial charge < -0.3 is 24.9 Å². The lowest BCUT2D eigenvalue weighted by Crippen LogP contribution is -2.38. The van der Waals surface area contributed by atoms with E-state index in [1.807, 2.05) is 13.0 Å². The molecule has 1 aromatic carbocycles. The molecule has 8 heteroatoms. The summed E-state index contributed by atoms with van der Waals surface area (Å²) in [6.45, 7) is 1.89. The topological polar surface area (TPSA) is 101 Å². The number of ether oxygens (including phenoxy) is 1. The minimum atomic E-state index is -0.406. The fourth-order valence-electron chi connectivity index (χ4n) is 3.73. The predicted octanol–water partition coefficient (Wildman–Crippen LogP) is 3.49.